The Labute approximate surface area is 120 Å². The summed E-state index contributed by atoms with van der Waals surface area (Å²) >= 11 is 0. The summed E-state index contributed by atoms with van der Waals surface area (Å²) in [6.45, 7) is 3.52. The van der Waals surface area contributed by atoms with Crippen LogP contribution in [0.2, 0.25) is 0 Å². The third-order valence-corrected chi connectivity index (χ3v) is 3.27. The fraction of sp³-hybridized carbons (Fsp3) is 0.438. The zero-order valence-corrected chi connectivity index (χ0v) is 11.5. The summed E-state index contributed by atoms with van der Waals surface area (Å²) in [5, 5.41) is 2.67. The number of nitrogens with one attached hydrogen (secondary N) is 1. The first-order valence-corrected chi connectivity index (χ1v) is 6.86. The Bertz CT molecular complexity index is 467. The molecule has 1 N–H and O–H groups in total. The molecule has 106 valence electrons. The molecule has 1 aliphatic heterocycles. The van der Waals surface area contributed by atoms with Crippen molar-refractivity contribution >= 4 is 5.91 Å². The zero-order chi connectivity index (χ0) is 14.2. The third kappa shape index (κ3) is 4.69. The molecule has 1 saturated heterocycles. The summed E-state index contributed by atoms with van der Waals surface area (Å²) in [4.78, 5) is 13.9. The van der Waals surface area contributed by atoms with Crippen LogP contribution in [0.3, 0.4) is 0 Å². The molecule has 1 aromatic rings. The van der Waals surface area contributed by atoms with Crippen molar-refractivity contribution in [1.29, 1.82) is 0 Å². The van der Waals surface area contributed by atoms with Gasteiger partial charge in [-0.3, -0.25) is 9.69 Å². The Morgan fingerprint density at radius 3 is 3.00 bits per heavy atom. The summed E-state index contributed by atoms with van der Waals surface area (Å²) in [5.41, 5.74) is 1.28. The Morgan fingerprint density at radius 1 is 1.45 bits per heavy atom. The minimum absolute atomic E-state index is 0.0467. The number of carbonyl (C=O) groups is 1. The summed E-state index contributed by atoms with van der Waals surface area (Å²) in [6, 6.07) is 10.3. The van der Waals surface area contributed by atoms with Crippen molar-refractivity contribution in [3.63, 3.8) is 0 Å². The number of morpholine rings is 1. The van der Waals surface area contributed by atoms with E-state index in [9.17, 15) is 4.79 Å². The third-order valence-electron chi connectivity index (χ3n) is 3.27. The monoisotopic (exact) mass is 272 g/mol. The van der Waals surface area contributed by atoms with Crippen LogP contribution in [0.25, 0.3) is 0 Å². The molecule has 0 bridgehead atoms. The van der Waals surface area contributed by atoms with Gasteiger partial charge in [-0.25, -0.2) is 0 Å². The summed E-state index contributed by atoms with van der Waals surface area (Å²) in [5.74, 6) is 2.35. The van der Waals surface area contributed by atoms with E-state index < -0.39 is 0 Å². The summed E-state index contributed by atoms with van der Waals surface area (Å²) < 4.78 is 5.64. The molecule has 2 rings (SSSR count). The van der Waals surface area contributed by atoms with Crippen LogP contribution in [0.5, 0.6) is 0 Å². The van der Waals surface area contributed by atoms with Crippen molar-refractivity contribution in [2.24, 2.45) is 0 Å². The van der Waals surface area contributed by atoms with Crippen LogP contribution < -0.4 is 5.32 Å². The van der Waals surface area contributed by atoms with Crippen LogP contribution in [0, 0.1) is 12.3 Å². The van der Waals surface area contributed by atoms with E-state index in [1.807, 2.05) is 18.2 Å². The SMILES string of the molecule is C#CCNC(=O)C[C@@H]1CN(Cc2ccccc2)CCO1. The van der Waals surface area contributed by atoms with Gasteiger partial charge < -0.3 is 10.1 Å². The molecule has 0 spiro atoms. The molecule has 0 unspecified atom stereocenters. The molecule has 0 radical (unpaired) electrons. The number of ether oxygens (including phenoxy) is 1. The smallest absolute Gasteiger partial charge is 0.223 e. The zero-order valence-electron chi connectivity index (χ0n) is 11.5. The molecule has 0 aliphatic carbocycles. The number of nitrogens with zero attached hydrogens (tertiary/aromatic N) is 1. The van der Waals surface area contributed by atoms with Gasteiger partial charge in [-0.1, -0.05) is 36.3 Å². The van der Waals surface area contributed by atoms with Crippen molar-refractivity contribution in [3.8, 4) is 12.3 Å². The number of rotatable bonds is 5. The highest BCUT2D eigenvalue weighted by Gasteiger charge is 2.22. The molecule has 0 aromatic heterocycles. The number of carbonyl (C=O) groups excluding carboxylic acids is 1. The predicted octanol–water partition coefficient (Wildman–Crippen LogP) is 1.03. The maximum atomic E-state index is 11.6. The molecule has 0 saturated carbocycles. The second-order valence-corrected chi connectivity index (χ2v) is 4.90. The van der Waals surface area contributed by atoms with Gasteiger partial charge in [0.15, 0.2) is 0 Å². The maximum Gasteiger partial charge on any atom is 0.223 e. The average Bonchev–Trinajstić information content (AvgIpc) is 2.46. The van der Waals surface area contributed by atoms with Crippen LogP contribution >= 0.6 is 0 Å². The van der Waals surface area contributed by atoms with Crippen LogP contribution in [-0.2, 0) is 16.1 Å². The lowest BCUT2D eigenvalue weighted by Gasteiger charge is -2.32. The maximum absolute atomic E-state index is 11.6. The van der Waals surface area contributed by atoms with Crippen LogP contribution in [0.4, 0.5) is 0 Å². The minimum Gasteiger partial charge on any atom is -0.375 e. The molecule has 20 heavy (non-hydrogen) atoms. The van der Waals surface area contributed by atoms with Gasteiger partial charge in [-0.15, -0.1) is 6.42 Å². The van der Waals surface area contributed by atoms with E-state index >= 15 is 0 Å². The number of hydrogen-bond acceptors (Lipinski definition) is 3. The van der Waals surface area contributed by atoms with Crippen molar-refractivity contribution in [1.82, 2.24) is 10.2 Å². The van der Waals surface area contributed by atoms with Gasteiger partial charge >= 0.3 is 0 Å². The molecule has 4 heteroatoms. The first kappa shape index (κ1) is 14.6. The Hall–Kier alpha value is -1.83. The standard InChI is InChI=1S/C16H20N2O2/c1-2-8-17-16(19)11-15-13-18(9-10-20-15)12-14-6-4-3-5-7-14/h1,3-7,15H,8-13H2,(H,17,19)/t15-/m1/s1. The van der Waals surface area contributed by atoms with Gasteiger partial charge in [0.2, 0.25) is 5.91 Å². The lowest BCUT2D eigenvalue weighted by molar-refractivity contribution is -0.125. The Kier molecular flexibility index (Phi) is 5.60. The van der Waals surface area contributed by atoms with Crippen molar-refractivity contribution in [3.05, 3.63) is 35.9 Å². The highest BCUT2D eigenvalue weighted by Crippen LogP contribution is 2.12. The van der Waals surface area contributed by atoms with E-state index in [2.05, 4.69) is 28.3 Å². The quantitative estimate of drug-likeness (QED) is 0.814. The van der Waals surface area contributed by atoms with Gasteiger partial charge in [0, 0.05) is 19.6 Å². The van der Waals surface area contributed by atoms with Crippen molar-refractivity contribution < 1.29 is 9.53 Å². The lowest BCUT2D eigenvalue weighted by Crippen LogP contribution is -2.44. The first-order chi connectivity index (χ1) is 9.78. The summed E-state index contributed by atoms with van der Waals surface area (Å²) in [6.07, 6.45) is 5.43. The van der Waals surface area contributed by atoms with Crippen molar-refractivity contribution in [2.45, 2.75) is 19.1 Å². The fourth-order valence-corrected chi connectivity index (χ4v) is 2.32. The van der Waals surface area contributed by atoms with Gasteiger partial charge in [0.05, 0.1) is 25.7 Å². The molecular formula is C16H20N2O2. The molecule has 1 heterocycles. The normalized spacial score (nSPS) is 19.2. The lowest BCUT2D eigenvalue weighted by atomic mass is 10.1. The van der Waals surface area contributed by atoms with E-state index in [1.54, 1.807) is 0 Å². The van der Waals surface area contributed by atoms with E-state index in [4.69, 9.17) is 11.2 Å². The molecule has 1 aliphatic rings. The minimum atomic E-state index is -0.0507. The molecule has 1 atom stereocenters. The van der Waals surface area contributed by atoms with Crippen LogP contribution in [0.15, 0.2) is 30.3 Å². The predicted molar refractivity (Wildman–Crippen MR) is 77.9 cm³/mol. The number of amides is 1. The van der Waals surface area contributed by atoms with E-state index in [0.29, 0.717) is 13.0 Å². The first-order valence-electron chi connectivity index (χ1n) is 6.86. The highest BCUT2D eigenvalue weighted by molar-refractivity contribution is 5.76. The number of hydrogen-bond donors (Lipinski definition) is 1. The largest absolute Gasteiger partial charge is 0.375 e. The van der Waals surface area contributed by atoms with Crippen LogP contribution in [-0.4, -0.2) is 43.2 Å². The van der Waals surface area contributed by atoms with Crippen molar-refractivity contribution in [2.75, 3.05) is 26.2 Å². The van der Waals surface area contributed by atoms with Gasteiger partial charge in [-0.2, -0.15) is 0 Å². The molecule has 1 aromatic carbocycles. The number of benzene rings is 1. The topological polar surface area (TPSA) is 41.6 Å². The van der Waals surface area contributed by atoms with E-state index in [1.165, 1.54) is 5.56 Å². The molecule has 1 amide bonds. The summed E-state index contributed by atoms with van der Waals surface area (Å²) in [7, 11) is 0. The fourth-order valence-electron chi connectivity index (χ4n) is 2.32. The molecular weight excluding hydrogens is 252 g/mol. The second-order valence-electron chi connectivity index (χ2n) is 4.90. The Morgan fingerprint density at radius 2 is 2.25 bits per heavy atom. The van der Waals surface area contributed by atoms with E-state index in [0.717, 1.165) is 19.6 Å². The number of terminal acetylenes is 1. The second kappa shape index (κ2) is 7.68. The molecule has 1 fully saturated rings. The van der Waals surface area contributed by atoms with Gasteiger partial charge in [-0.05, 0) is 5.56 Å². The van der Waals surface area contributed by atoms with E-state index in [-0.39, 0.29) is 18.6 Å². The van der Waals surface area contributed by atoms with Gasteiger partial charge in [0.1, 0.15) is 0 Å². The van der Waals surface area contributed by atoms with Gasteiger partial charge in [0.25, 0.3) is 0 Å². The average molecular weight is 272 g/mol. The van der Waals surface area contributed by atoms with Crippen LogP contribution in [0.1, 0.15) is 12.0 Å². The molecule has 4 nitrogen and oxygen atoms in total. The highest BCUT2D eigenvalue weighted by atomic mass is 16.5. The Balaban J connectivity index is 1.80.